The van der Waals surface area contributed by atoms with E-state index in [1.165, 1.54) is 11.3 Å². The molecule has 0 aliphatic rings. The number of hydrogen-bond donors (Lipinski definition) is 2. The molecule has 38 valence electrons. The Balaban J connectivity index is 3.22. The van der Waals surface area contributed by atoms with Gasteiger partial charge in [0.2, 0.25) is 4.80 Å². The fourth-order valence-electron chi connectivity index (χ4n) is 0.305. The van der Waals surface area contributed by atoms with Crippen molar-refractivity contribution >= 4 is 11.3 Å². The number of nitrogens with one attached hydrogen (secondary N) is 1. The average Bonchev–Trinajstić information content (AvgIpc) is 2.14. The Morgan fingerprint density at radius 2 is 2.71 bits per heavy atom. The third-order valence-electron chi connectivity index (χ3n) is 0.572. The molecule has 3 nitrogen and oxygen atoms in total. The van der Waals surface area contributed by atoms with Crippen LogP contribution in [0.5, 0.6) is 0 Å². The number of thiazole rings is 1. The highest BCUT2D eigenvalue weighted by molar-refractivity contribution is 7.07. The van der Waals surface area contributed by atoms with Crippen LogP contribution >= 0.6 is 11.3 Å². The second kappa shape index (κ2) is 1.79. The van der Waals surface area contributed by atoms with Gasteiger partial charge in [0.15, 0.2) is 0 Å². The maximum absolute atomic E-state index is 4.90. The molecule has 0 fully saturated rings. The topological polar surface area (TPSA) is 54.2 Å². The van der Waals surface area contributed by atoms with Crippen molar-refractivity contribution in [3.8, 4) is 0 Å². The Bertz CT molecular complexity index is 169. The van der Waals surface area contributed by atoms with E-state index in [9.17, 15) is 0 Å². The van der Waals surface area contributed by atoms with Gasteiger partial charge < -0.3 is 10.8 Å². The first kappa shape index (κ1) is 4.39. The average molecular weight is 115 g/mol. The van der Waals surface area contributed by atoms with Gasteiger partial charge in [0, 0.05) is 11.6 Å². The van der Waals surface area contributed by atoms with Crippen LogP contribution in [0.15, 0.2) is 16.7 Å². The minimum Gasteiger partial charge on any atom is -0.336 e. The zero-order valence-corrected chi connectivity index (χ0v) is 4.40. The Hall–Kier alpha value is -0.770. The van der Waals surface area contributed by atoms with Crippen molar-refractivity contribution in [2.45, 2.75) is 0 Å². The molecule has 0 bridgehead atoms. The number of nitrogens with two attached hydrogens (primary N) is 1. The number of aromatic amines is 1. The van der Waals surface area contributed by atoms with Gasteiger partial charge in [-0.15, -0.1) is 11.3 Å². The Morgan fingerprint density at radius 3 is 3.00 bits per heavy atom. The van der Waals surface area contributed by atoms with E-state index in [0.717, 1.165) is 4.80 Å². The van der Waals surface area contributed by atoms with Gasteiger partial charge in [-0.3, -0.25) is 0 Å². The summed E-state index contributed by atoms with van der Waals surface area (Å²) in [6.07, 6.45) is 1.79. The highest BCUT2D eigenvalue weighted by Gasteiger charge is 1.71. The molecule has 0 radical (unpaired) electrons. The summed E-state index contributed by atoms with van der Waals surface area (Å²) in [6, 6.07) is 0. The molecule has 0 unspecified atom stereocenters. The fraction of sp³-hybridized carbons (Fsp3) is 0. The lowest BCUT2D eigenvalue weighted by Gasteiger charge is -1.65. The normalized spacial score (nSPS) is 12.3. The highest BCUT2D eigenvalue weighted by atomic mass is 32.1. The molecule has 1 aromatic heterocycles. The maximum Gasteiger partial charge on any atom is 0.204 e. The predicted octanol–water partition coefficient (Wildman–Crippen LogP) is -0.149. The molecule has 0 saturated carbocycles. The molecule has 4 heteroatoms. The molecule has 0 saturated heterocycles. The molecule has 0 atom stereocenters. The van der Waals surface area contributed by atoms with Crippen LogP contribution in [0.1, 0.15) is 0 Å². The Labute approximate surface area is 44.5 Å². The van der Waals surface area contributed by atoms with E-state index in [2.05, 4.69) is 10.1 Å². The third kappa shape index (κ3) is 0.806. The largest absolute Gasteiger partial charge is 0.336 e. The van der Waals surface area contributed by atoms with Crippen LogP contribution in [0.3, 0.4) is 0 Å². The number of aromatic nitrogens is 1. The van der Waals surface area contributed by atoms with Crippen molar-refractivity contribution in [3.63, 3.8) is 0 Å². The summed E-state index contributed by atoms with van der Waals surface area (Å²) in [7, 11) is 0. The van der Waals surface area contributed by atoms with Gasteiger partial charge in [0.1, 0.15) is 0 Å². The van der Waals surface area contributed by atoms with Gasteiger partial charge in [-0.05, 0) is 0 Å². The van der Waals surface area contributed by atoms with E-state index < -0.39 is 0 Å². The molecule has 0 spiro atoms. The minimum absolute atomic E-state index is 0.750. The number of rotatable bonds is 0. The first-order valence-electron chi connectivity index (χ1n) is 1.79. The summed E-state index contributed by atoms with van der Waals surface area (Å²) < 4.78 is 0. The van der Waals surface area contributed by atoms with E-state index >= 15 is 0 Å². The van der Waals surface area contributed by atoms with E-state index in [1.54, 1.807) is 6.20 Å². The minimum atomic E-state index is 0.750. The van der Waals surface area contributed by atoms with Crippen molar-refractivity contribution in [1.82, 2.24) is 4.98 Å². The lowest BCUT2D eigenvalue weighted by atomic mass is 11.0. The van der Waals surface area contributed by atoms with Crippen molar-refractivity contribution in [2.75, 3.05) is 0 Å². The molecule has 0 aromatic carbocycles. The van der Waals surface area contributed by atoms with E-state index in [0.29, 0.717) is 0 Å². The van der Waals surface area contributed by atoms with Crippen molar-refractivity contribution in [2.24, 2.45) is 10.9 Å². The van der Waals surface area contributed by atoms with Gasteiger partial charge in [-0.1, -0.05) is 0 Å². The van der Waals surface area contributed by atoms with Gasteiger partial charge in [-0.2, -0.15) is 5.10 Å². The fourth-order valence-corrected chi connectivity index (χ4v) is 0.767. The van der Waals surface area contributed by atoms with Gasteiger partial charge >= 0.3 is 0 Å². The molecule has 1 rings (SSSR count). The van der Waals surface area contributed by atoms with E-state index in [4.69, 9.17) is 5.84 Å². The summed E-state index contributed by atoms with van der Waals surface area (Å²) >= 11 is 1.48. The van der Waals surface area contributed by atoms with E-state index in [1.807, 2.05) is 5.38 Å². The molecular formula is C3H5N3S. The first-order valence-corrected chi connectivity index (χ1v) is 2.67. The first-order chi connectivity index (χ1) is 3.43. The summed E-state index contributed by atoms with van der Waals surface area (Å²) in [5.41, 5.74) is 0. The Morgan fingerprint density at radius 1 is 1.86 bits per heavy atom. The third-order valence-corrected chi connectivity index (χ3v) is 1.29. The van der Waals surface area contributed by atoms with Crippen molar-refractivity contribution in [3.05, 3.63) is 16.4 Å². The molecule has 1 heterocycles. The predicted molar refractivity (Wildman–Crippen MR) is 28.4 cm³/mol. The van der Waals surface area contributed by atoms with Gasteiger partial charge in [0.25, 0.3) is 0 Å². The highest BCUT2D eigenvalue weighted by Crippen LogP contribution is 1.77. The second-order valence-corrected chi connectivity index (χ2v) is 1.89. The molecule has 0 aliphatic carbocycles. The summed E-state index contributed by atoms with van der Waals surface area (Å²) in [4.78, 5) is 3.56. The summed E-state index contributed by atoms with van der Waals surface area (Å²) in [6.45, 7) is 0. The van der Waals surface area contributed by atoms with Crippen LogP contribution < -0.4 is 10.6 Å². The van der Waals surface area contributed by atoms with Crippen molar-refractivity contribution in [1.29, 1.82) is 0 Å². The maximum atomic E-state index is 4.90. The lowest BCUT2D eigenvalue weighted by Crippen LogP contribution is -2.00. The van der Waals surface area contributed by atoms with Crippen LogP contribution in [-0.4, -0.2) is 4.98 Å². The van der Waals surface area contributed by atoms with Crippen LogP contribution in [0, 0.1) is 0 Å². The smallest absolute Gasteiger partial charge is 0.204 e. The quantitative estimate of drug-likeness (QED) is 0.358. The monoisotopic (exact) mass is 115 g/mol. The number of nitrogens with zero attached hydrogens (tertiary/aromatic N) is 1. The Kier molecular flexibility index (Phi) is 1.12. The summed E-state index contributed by atoms with van der Waals surface area (Å²) in [5.74, 6) is 4.90. The molecule has 0 aliphatic heterocycles. The molecule has 7 heavy (non-hydrogen) atoms. The molecule has 0 amide bonds. The van der Waals surface area contributed by atoms with Crippen molar-refractivity contribution < 1.29 is 0 Å². The van der Waals surface area contributed by atoms with Crippen LogP contribution in [0.2, 0.25) is 0 Å². The molecular weight excluding hydrogens is 110 g/mol. The van der Waals surface area contributed by atoms with Crippen LogP contribution in [0.25, 0.3) is 0 Å². The van der Waals surface area contributed by atoms with Crippen LogP contribution in [-0.2, 0) is 0 Å². The lowest BCUT2D eigenvalue weighted by molar-refractivity contribution is 1.10. The van der Waals surface area contributed by atoms with Gasteiger partial charge in [0.05, 0.1) is 0 Å². The zero-order chi connectivity index (χ0) is 5.11. The number of hydrogen-bond acceptors (Lipinski definition) is 3. The number of H-pyrrole nitrogens is 1. The standard InChI is InChI=1S/C3H5N3S/c4-6-3-5-1-2-7-3/h1-2H,4H2,(H,5,6). The van der Waals surface area contributed by atoms with Gasteiger partial charge in [-0.25, -0.2) is 0 Å². The molecule has 1 aromatic rings. The molecule has 3 N–H and O–H groups in total. The second-order valence-electron chi connectivity index (χ2n) is 0.999. The zero-order valence-electron chi connectivity index (χ0n) is 3.59. The summed E-state index contributed by atoms with van der Waals surface area (Å²) in [5, 5.41) is 5.27. The SMILES string of the molecule is N/N=c1\[nH]ccs1. The van der Waals surface area contributed by atoms with Crippen LogP contribution in [0.4, 0.5) is 0 Å². The van der Waals surface area contributed by atoms with E-state index in [-0.39, 0.29) is 0 Å².